The topological polar surface area (TPSA) is 15.3 Å². The lowest BCUT2D eigenvalue weighted by molar-refractivity contribution is 0.590. The SMILES string of the molecule is CC(C)(C)c1ccc(-c2cc3c(c(-c4ccc(C(C)(C)C)cc4-c4ccc5c6ccccc6c6ccccc6c5c4)c2)Nc2cccc4c2B3c2sc3ccc(C(C)(C)C)cc3c2N4c2ccccc2C(C)(C)C)cc1. The Hall–Kier alpha value is -7.40. The van der Waals surface area contributed by atoms with Crippen LogP contribution in [0.15, 0.2) is 182 Å². The molecule has 10 aromatic carbocycles. The number of nitrogens with zero attached hydrogens (tertiary/aromatic N) is 1. The van der Waals surface area contributed by atoms with Gasteiger partial charge in [0, 0.05) is 43.2 Å². The number of benzene rings is 10. The minimum absolute atomic E-state index is 0.0171. The molecule has 76 heavy (non-hydrogen) atoms. The average Bonchev–Trinajstić information content (AvgIpc) is 3.97. The summed E-state index contributed by atoms with van der Waals surface area (Å²) in [5.41, 5.74) is 21.3. The van der Waals surface area contributed by atoms with Crippen LogP contribution in [-0.4, -0.2) is 6.71 Å². The fourth-order valence-corrected chi connectivity index (χ4v) is 13.8. The van der Waals surface area contributed by atoms with E-state index < -0.39 is 0 Å². The summed E-state index contributed by atoms with van der Waals surface area (Å²) in [6.07, 6.45) is 0. The first-order valence-corrected chi connectivity index (χ1v) is 28.2. The van der Waals surface area contributed by atoms with Gasteiger partial charge in [-0.25, -0.2) is 0 Å². The van der Waals surface area contributed by atoms with Gasteiger partial charge in [-0.2, -0.15) is 0 Å². The summed E-state index contributed by atoms with van der Waals surface area (Å²) in [7, 11) is 0. The normalized spacial score (nSPS) is 13.6. The third-order valence-corrected chi connectivity index (χ3v) is 17.9. The first kappa shape index (κ1) is 48.3. The van der Waals surface area contributed by atoms with E-state index in [-0.39, 0.29) is 28.4 Å². The van der Waals surface area contributed by atoms with Gasteiger partial charge in [-0.15, -0.1) is 11.3 Å². The van der Waals surface area contributed by atoms with Crippen molar-refractivity contribution in [3.63, 3.8) is 0 Å². The fourth-order valence-electron chi connectivity index (χ4n) is 12.5. The quantitative estimate of drug-likeness (QED) is 0.140. The zero-order chi connectivity index (χ0) is 52.8. The van der Waals surface area contributed by atoms with Crippen molar-refractivity contribution in [1.82, 2.24) is 0 Å². The number of hydrogen-bond donors (Lipinski definition) is 1. The second-order valence-electron chi connectivity index (χ2n) is 25.9. The Labute approximate surface area is 454 Å². The van der Waals surface area contributed by atoms with Gasteiger partial charge >= 0.3 is 0 Å². The van der Waals surface area contributed by atoms with Crippen LogP contribution in [0.4, 0.5) is 28.4 Å². The van der Waals surface area contributed by atoms with Gasteiger partial charge in [0.25, 0.3) is 6.71 Å². The van der Waals surface area contributed by atoms with Crippen molar-refractivity contribution in [2.45, 2.75) is 105 Å². The van der Waals surface area contributed by atoms with E-state index in [2.05, 4.69) is 275 Å². The molecule has 2 nitrogen and oxygen atoms in total. The number of rotatable bonds is 4. The molecule has 13 rings (SSSR count). The zero-order valence-electron chi connectivity index (χ0n) is 46.3. The van der Waals surface area contributed by atoms with E-state index in [1.165, 1.54) is 136 Å². The highest BCUT2D eigenvalue weighted by atomic mass is 32.1. The largest absolute Gasteiger partial charge is 0.356 e. The molecule has 0 saturated carbocycles. The molecule has 0 unspecified atom stereocenters. The van der Waals surface area contributed by atoms with Crippen LogP contribution in [0.2, 0.25) is 0 Å². The Kier molecular flexibility index (Phi) is 10.8. The van der Waals surface area contributed by atoms with E-state index in [1.54, 1.807) is 0 Å². The number of nitrogens with one attached hydrogen (secondary N) is 1. The van der Waals surface area contributed by atoms with Crippen LogP contribution in [0.5, 0.6) is 0 Å². The molecule has 0 fully saturated rings. The first-order chi connectivity index (χ1) is 36.2. The predicted octanol–water partition coefficient (Wildman–Crippen LogP) is 18.9. The van der Waals surface area contributed by atoms with Crippen LogP contribution in [0.25, 0.3) is 75.8 Å². The van der Waals surface area contributed by atoms with Crippen molar-refractivity contribution < 1.29 is 0 Å². The van der Waals surface area contributed by atoms with Gasteiger partial charge in [-0.1, -0.05) is 217 Å². The summed E-state index contributed by atoms with van der Waals surface area (Å²) >= 11 is 1.98. The highest BCUT2D eigenvalue weighted by molar-refractivity contribution is 7.33. The predicted molar refractivity (Wildman–Crippen MR) is 335 cm³/mol. The van der Waals surface area contributed by atoms with Gasteiger partial charge in [-0.05, 0) is 164 Å². The highest BCUT2D eigenvalue weighted by Crippen LogP contribution is 2.51. The van der Waals surface area contributed by atoms with Gasteiger partial charge in [0.15, 0.2) is 0 Å². The van der Waals surface area contributed by atoms with Crippen LogP contribution >= 0.6 is 11.3 Å². The standard InChI is InChI=1S/C72H67BN2S/c1-69(2,3)46-31-28-43(29-32-46)45-39-57(54-36-33-47(70(4,5)6)41-55(54)44-30-35-53-51-22-14-13-20-49(51)50-21-15-16-23-52(50)56(53)38-44)66-60(40-45)73-65-61(74-66)25-19-27-63(65)75(62-26-18-17-24-59(62)72(10,11)12)67-58-42-48(71(7,8)9)34-37-64(58)76-68(67)73/h13-42,74H,1-12H3. The number of anilines is 5. The van der Waals surface area contributed by atoms with Gasteiger partial charge in [-0.3, -0.25) is 0 Å². The van der Waals surface area contributed by atoms with Gasteiger partial charge in [0.05, 0.1) is 5.69 Å². The lowest BCUT2D eigenvalue weighted by Crippen LogP contribution is -2.59. The van der Waals surface area contributed by atoms with Crippen LogP contribution in [-0.2, 0) is 21.7 Å². The summed E-state index contributed by atoms with van der Waals surface area (Å²) in [5.74, 6) is 0. The highest BCUT2D eigenvalue weighted by Gasteiger charge is 2.45. The maximum atomic E-state index is 4.24. The van der Waals surface area contributed by atoms with E-state index in [4.69, 9.17) is 0 Å². The van der Waals surface area contributed by atoms with Gasteiger partial charge in [0.2, 0.25) is 0 Å². The van der Waals surface area contributed by atoms with Crippen molar-refractivity contribution in [2.24, 2.45) is 0 Å². The molecule has 0 radical (unpaired) electrons. The Morgan fingerprint density at radius 1 is 0.395 bits per heavy atom. The molecule has 4 heteroatoms. The van der Waals surface area contributed by atoms with Gasteiger partial charge in [0.1, 0.15) is 0 Å². The number of hydrogen-bond acceptors (Lipinski definition) is 3. The molecule has 374 valence electrons. The molecule has 1 N–H and O–H groups in total. The molecule has 11 aromatic rings. The summed E-state index contributed by atoms with van der Waals surface area (Å²) in [6, 6.07) is 70.2. The van der Waals surface area contributed by atoms with Gasteiger partial charge < -0.3 is 10.2 Å². The molecule has 0 amide bonds. The Balaban J connectivity index is 1.12. The monoisotopic (exact) mass is 1000 g/mol. The molecule has 2 aliphatic heterocycles. The molecular weight excluding hydrogens is 936 g/mol. The minimum atomic E-state index is -0.0891. The molecule has 3 heterocycles. The van der Waals surface area contributed by atoms with Crippen molar-refractivity contribution in [3.8, 4) is 33.4 Å². The van der Waals surface area contributed by atoms with Crippen molar-refractivity contribution >= 4 is 105 Å². The van der Waals surface area contributed by atoms with Crippen LogP contribution in [0, 0.1) is 0 Å². The lowest BCUT2D eigenvalue weighted by Gasteiger charge is -2.41. The molecule has 2 aliphatic rings. The molecule has 0 saturated heterocycles. The average molecular weight is 1000 g/mol. The number of thiophene rings is 1. The molecule has 0 bridgehead atoms. The summed E-state index contributed by atoms with van der Waals surface area (Å²) in [5, 5.41) is 13.3. The van der Waals surface area contributed by atoms with E-state index in [0.717, 1.165) is 5.69 Å². The minimum Gasteiger partial charge on any atom is -0.356 e. The molecular formula is C72H67BN2S. The van der Waals surface area contributed by atoms with Crippen molar-refractivity contribution in [3.05, 3.63) is 204 Å². The zero-order valence-corrected chi connectivity index (χ0v) is 47.1. The smallest absolute Gasteiger partial charge is 0.264 e. The van der Waals surface area contributed by atoms with E-state index in [9.17, 15) is 0 Å². The second kappa shape index (κ2) is 17.1. The molecule has 1 aromatic heterocycles. The summed E-state index contributed by atoms with van der Waals surface area (Å²) < 4.78 is 2.70. The Morgan fingerprint density at radius 3 is 1.62 bits per heavy atom. The second-order valence-corrected chi connectivity index (χ2v) is 26.9. The Bertz CT molecular complexity index is 4150. The maximum absolute atomic E-state index is 4.24. The van der Waals surface area contributed by atoms with Crippen LogP contribution in [0.1, 0.15) is 105 Å². The molecule has 0 spiro atoms. The third-order valence-electron chi connectivity index (χ3n) is 16.7. The number of fused-ring (bicyclic) bond motifs is 12. The third kappa shape index (κ3) is 7.73. The van der Waals surface area contributed by atoms with Crippen molar-refractivity contribution in [2.75, 3.05) is 10.2 Å². The summed E-state index contributed by atoms with van der Waals surface area (Å²) in [4.78, 5) is 2.63. The Morgan fingerprint density at radius 2 is 0.961 bits per heavy atom. The lowest BCUT2D eigenvalue weighted by atomic mass is 9.36. The first-order valence-electron chi connectivity index (χ1n) is 27.4. The fraction of sp³-hybridized carbons (Fsp3) is 0.222. The molecule has 0 atom stereocenters. The molecule has 0 aliphatic carbocycles. The van der Waals surface area contributed by atoms with E-state index in [0.29, 0.717) is 0 Å². The van der Waals surface area contributed by atoms with Crippen molar-refractivity contribution in [1.29, 1.82) is 0 Å². The maximum Gasteiger partial charge on any atom is 0.264 e. The van der Waals surface area contributed by atoms with Crippen LogP contribution < -0.4 is 25.9 Å². The van der Waals surface area contributed by atoms with Crippen LogP contribution in [0.3, 0.4) is 0 Å². The number of para-hydroxylation sites is 1. The summed E-state index contributed by atoms with van der Waals surface area (Å²) in [6.45, 7) is 28.0. The van der Waals surface area contributed by atoms with E-state index in [1.807, 2.05) is 11.3 Å². The van der Waals surface area contributed by atoms with E-state index >= 15 is 0 Å².